The van der Waals surface area contributed by atoms with Gasteiger partial charge in [0.25, 0.3) is 0 Å². The van der Waals surface area contributed by atoms with Crippen molar-refractivity contribution in [3.8, 4) is 0 Å². The molecule has 70 valence electrons. The van der Waals surface area contributed by atoms with E-state index < -0.39 is 17.3 Å². The third-order valence-electron chi connectivity index (χ3n) is 2.07. The molecule has 0 spiro atoms. The number of ether oxygens (including phenoxy) is 1. The molecule has 1 aliphatic rings. The molecule has 0 aromatic carbocycles. The molecular weight excluding hydrogens is 166 g/mol. The zero-order valence-corrected chi connectivity index (χ0v) is 7.19. The number of esters is 1. The van der Waals surface area contributed by atoms with Gasteiger partial charge in [-0.15, -0.1) is 0 Å². The Balaban J connectivity index is 2.49. The van der Waals surface area contributed by atoms with Crippen LogP contribution in [0.1, 0.15) is 26.7 Å². The van der Waals surface area contributed by atoms with Crippen LogP contribution in [0.4, 0.5) is 8.78 Å². The van der Waals surface area contributed by atoms with E-state index in [0.29, 0.717) is 0 Å². The van der Waals surface area contributed by atoms with Gasteiger partial charge in [0.2, 0.25) is 5.92 Å². The highest BCUT2D eigenvalue weighted by Crippen LogP contribution is 2.52. The van der Waals surface area contributed by atoms with E-state index in [-0.39, 0.29) is 19.4 Å². The Bertz CT molecular complexity index is 193. The van der Waals surface area contributed by atoms with Crippen molar-refractivity contribution >= 4 is 5.97 Å². The van der Waals surface area contributed by atoms with E-state index in [0.717, 1.165) is 0 Å². The lowest BCUT2D eigenvalue weighted by Gasteiger charge is -2.42. The van der Waals surface area contributed by atoms with Crippen LogP contribution < -0.4 is 0 Å². The molecule has 0 heterocycles. The van der Waals surface area contributed by atoms with Crippen LogP contribution in [-0.4, -0.2) is 18.5 Å². The van der Waals surface area contributed by atoms with Crippen LogP contribution in [0.2, 0.25) is 0 Å². The second-order valence-corrected chi connectivity index (χ2v) is 3.49. The summed E-state index contributed by atoms with van der Waals surface area (Å²) < 4.78 is 29.5. The quantitative estimate of drug-likeness (QED) is 0.604. The minimum atomic E-state index is -2.67. The van der Waals surface area contributed by atoms with E-state index in [2.05, 4.69) is 4.74 Å². The van der Waals surface area contributed by atoms with Crippen molar-refractivity contribution in [2.75, 3.05) is 6.61 Å². The van der Waals surface area contributed by atoms with Crippen molar-refractivity contribution in [1.82, 2.24) is 0 Å². The summed E-state index contributed by atoms with van der Waals surface area (Å²) in [4.78, 5) is 11.1. The van der Waals surface area contributed by atoms with E-state index in [1.807, 2.05) is 0 Å². The highest BCUT2D eigenvalue weighted by molar-refractivity contribution is 5.77. The molecule has 0 saturated heterocycles. The van der Waals surface area contributed by atoms with E-state index in [9.17, 15) is 13.6 Å². The number of alkyl halides is 2. The SMILES string of the molecule is CCOC(=O)C1(C)CC(F)(F)C1. The number of rotatable bonds is 2. The Kier molecular flexibility index (Phi) is 2.10. The van der Waals surface area contributed by atoms with Crippen LogP contribution in [0, 0.1) is 5.41 Å². The van der Waals surface area contributed by atoms with Gasteiger partial charge in [-0.2, -0.15) is 0 Å². The Morgan fingerprint density at radius 1 is 1.50 bits per heavy atom. The lowest BCUT2D eigenvalue weighted by Crippen LogP contribution is -2.49. The Morgan fingerprint density at radius 3 is 2.33 bits per heavy atom. The Morgan fingerprint density at radius 2 is 2.00 bits per heavy atom. The van der Waals surface area contributed by atoms with Crippen LogP contribution in [0.5, 0.6) is 0 Å². The van der Waals surface area contributed by atoms with Gasteiger partial charge in [-0.25, -0.2) is 8.78 Å². The molecule has 12 heavy (non-hydrogen) atoms. The maximum Gasteiger partial charge on any atom is 0.312 e. The van der Waals surface area contributed by atoms with Gasteiger partial charge in [0.1, 0.15) is 0 Å². The molecule has 0 radical (unpaired) electrons. The normalized spacial score (nSPS) is 24.3. The molecule has 1 fully saturated rings. The topological polar surface area (TPSA) is 26.3 Å². The molecule has 1 rings (SSSR count). The molecule has 0 amide bonds. The first-order chi connectivity index (χ1) is 5.40. The van der Waals surface area contributed by atoms with Gasteiger partial charge in [0.05, 0.1) is 12.0 Å². The van der Waals surface area contributed by atoms with Crippen LogP contribution >= 0.6 is 0 Å². The summed E-state index contributed by atoms with van der Waals surface area (Å²) in [5.74, 6) is -3.17. The largest absolute Gasteiger partial charge is 0.466 e. The molecule has 1 saturated carbocycles. The van der Waals surface area contributed by atoms with Crippen molar-refractivity contribution in [2.45, 2.75) is 32.6 Å². The second kappa shape index (κ2) is 2.68. The second-order valence-electron chi connectivity index (χ2n) is 3.49. The lowest BCUT2D eigenvalue weighted by atomic mass is 9.67. The molecular formula is C8H12F2O2. The van der Waals surface area contributed by atoms with Crippen molar-refractivity contribution in [3.63, 3.8) is 0 Å². The van der Waals surface area contributed by atoms with Gasteiger partial charge in [-0.3, -0.25) is 4.79 Å². The molecule has 0 aromatic rings. The third kappa shape index (κ3) is 1.57. The third-order valence-corrected chi connectivity index (χ3v) is 2.07. The van der Waals surface area contributed by atoms with Crippen LogP contribution in [0.15, 0.2) is 0 Å². The number of carbonyl (C=O) groups is 1. The average Bonchev–Trinajstić information content (AvgIpc) is 1.83. The fraction of sp³-hybridized carbons (Fsp3) is 0.875. The predicted molar refractivity (Wildman–Crippen MR) is 38.9 cm³/mol. The molecule has 4 heteroatoms. The smallest absolute Gasteiger partial charge is 0.312 e. The van der Waals surface area contributed by atoms with Crippen LogP contribution in [0.25, 0.3) is 0 Å². The molecule has 0 aliphatic heterocycles. The first-order valence-corrected chi connectivity index (χ1v) is 3.95. The Labute approximate surface area is 69.9 Å². The number of halogens is 2. The monoisotopic (exact) mass is 178 g/mol. The van der Waals surface area contributed by atoms with E-state index in [1.165, 1.54) is 6.92 Å². The highest BCUT2D eigenvalue weighted by atomic mass is 19.3. The zero-order valence-electron chi connectivity index (χ0n) is 7.19. The lowest BCUT2D eigenvalue weighted by molar-refractivity contribution is -0.194. The molecule has 0 aromatic heterocycles. The highest BCUT2D eigenvalue weighted by Gasteiger charge is 2.58. The van der Waals surface area contributed by atoms with Crippen molar-refractivity contribution in [1.29, 1.82) is 0 Å². The summed E-state index contributed by atoms with van der Waals surface area (Å²) in [5.41, 5.74) is -0.945. The average molecular weight is 178 g/mol. The minimum absolute atomic E-state index is 0.250. The van der Waals surface area contributed by atoms with Gasteiger partial charge in [-0.1, -0.05) is 0 Å². The molecule has 1 aliphatic carbocycles. The van der Waals surface area contributed by atoms with Gasteiger partial charge in [0.15, 0.2) is 0 Å². The summed E-state index contributed by atoms with van der Waals surface area (Å²) in [6.07, 6.45) is -0.752. The zero-order chi connectivity index (χ0) is 9.41. The molecule has 0 atom stereocenters. The number of carbonyl (C=O) groups excluding carboxylic acids is 1. The first kappa shape index (κ1) is 9.42. The molecule has 0 bridgehead atoms. The number of hydrogen-bond acceptors (Lipinski definition) is 2. The summed E-state index contributed by atoms with van der Waals surface area (Å²) in [6, 6.07) is 0. The fourth-order valence-electron chi connectivity index (χ4n) is 1.54. The van der Waals surface area contributed by atoms with Crippen molar-refractivity contribution in [2.24, 2.45) is 5.41 Å². The minimum Gasteiger partial charge on any atom is -0.466 e. The maximum absolute atomic E-state index is 12.4. The van der Waals surface area contributed by atoms with Crippen molar-refractivity contribution < 1.29 is 18.3 Å². The summed E-state index contributed by atoms with van der Waals surface area (Å²) >= 11 is 0. The first-order valence-electron chi connectivity index (χ1n) is 3.95. The van der Waals surface area contributed by atoms with Gasteiger partial charge in [-0.05, 0) is 13.8 Å². The Hall–Kier alpha value is -0.670. The molecule has 2 nitrogen and oxygen atoms in total. The molecule has 0 N–H and O–H groups in total. The van der Waals surface area contributed by atoms with E-state index >= 15 is 0 Å². The van der Waals surface area contributed by atoms with E-state index in [4.69, 9.17) is 0 Å². The fourth-order valence-corrected chi connectivity index (χ4v) is 1.54. The van der Waals surface area contributed by atoms with Gasteiger partial charge < -0.3 is 4.74 Å². The van der Waals surface area contributed by atoms with Crippen LogP contribution in [0.3, 0.4) is 0 Å². The summed E-state index contributed by atoms with van der Waals surface area (Å²) in [7, 11) is 0. The predicted octanol–water partition coefficient (Wildman–Crippen LogP) is 1.98. The summed E-state index contributed by atoms with van der Waals surface area (Å²) in [6.45, 7) is 3.43. The van der Waals surface area contributed by atoms with E-state index in [1.54, 1.807) is 6.92 Å². The van der Waals surface area contributed by atoms with Gasteiger partial charge >= 0.3 is 5.97 Å². The molecule has 0 unspecified atom stereocenters. The summed E-state index contributed by atoms with van der Waals surface area (Å²) in [5, 5.41) is 0. The number of hydrogen-bond donors (Lipinski definition) is 0. The van der Waals surface area contributed by atoms with Crippen LogP contribution in [-0.2, 0) is 9.53 Å². The van der Waals surface area contributed by atoms with Crippen molar-refractivity contribution in [3.05, 3.63) is 0 Å². The maximum atomic E-state index is 12.4. The van der Waals surface area contributed by atoms with Gasteiger partial charge in [0, 0.05) is 12.8 Å². The standard InChI is InChI=1S/C8H12F2O2/c1-3-12-6(11)7(2)4-8(9,10)5-7/h3-5H2,1-2H3.